The van der Waals surface area contributed by atoms with Crippen LogP contribution in [0, 0.1) is 0 Å². The lowest BCUT2D eigenvalue weighted by Gasteiger charge is -2.07. The maximum atomic E-state index is 10.8. The van der Waals surface area contributed by atoms with E-state index in [4.69, 9.17) is 11.6 Å². The van der Waals surface area contributed by atoms with Gasteiger partial charge in [0.05, 0.1) is 0 Å². The Labute approximate surface area is 116 Å². The van der Waals surface area contributed by atoms with Crippen molar-refractivity contribution in [3.8, 4) is 0 Å². The van der Waals surface area contributed by atoms with E-state index in [0.29, 0.717) is 23.2 Å². The van der Waals surface area contributed by atoms with Gasteiger partial charge in [-0.15, -0.1) is 10.2 Å². The third-order valence-corrected chi connectivity index (χ3v) is 2.76. The molecule has 19 heavy (non-hydrogen) atoms. The van der Waals surface area contributed by atoms with Crippen LogP contribution < -0.4 is 10.6 Å². The SMILES string of the molecule is CC(=O)Nc1ccc(NCc2ccccc2Cl)nn1. The molecule has 0 aliphatic rings. The lowest BCUT2D eigenvalue weighted by atomic mass is 10.2. The summed E-state index contributed by atoms with van der Waals surface area (Å²) in [6, 6.07) is 11.0. The molecule has 0 aliphatic carbocycles. The molecule has 1 heterocycles. The molecule has 0 unspecified atom stereocenters. The largest absolute Gasteiger partial charge is 0.364 e. The molecule has 0 saturated carbocycles. The van der Waals surface area contributed by atoms with Gasteiger partial charge in [0, 0.05) is 18.5 Å². The molecule has 2 aromatic rings. The lowest BCUT2D eigenvalue weighted by Crippen LogP contribution is -2.09. The molecule has 0 fully saturated rings. The second kappa shape index (κ2) is 6.15. The number of carbonyl (C=O) groups excluding carboxylic acids is 1. The summed E-state index contributed by atoms with van der Waals surface area (Å²) in [5, 5.41) is 14.2. The zero-order valence-electron chi connectivity index (χ0n) is 10.4. The van der Waals surface area contributed by atoms with Gasteiger partial charge in [-0.2, -0.15) is 0 Å². The van der Waals surface area contributed by atoms with Gasteiger partial charge in [-0.3, -0.25) is 4.79 Å². The van der Waals surface area contributed by atoms with E-state index in [0.717, 1.165) is 5.56 Å². The van der Waals surface area contributed by atoms with Gasteiger partial charge in [-0.05, 0) is 23.8 Å². The minimum Gasteiger partial charge on any atom is -0.364 e. The Hall–Kier alpha value is -2.14. The van der Waals surface area contributed by atoms with Crippen LogP contribution in [0.2, 0.25) is 5.02 Å². The van der Waals surface area contributed by atoms with Crippen LogP contribution in [-0.2, 0) is 11.3 Å². The molecule has 0 spiro atoms. The molecule has 0 saturated heterocycles. The van der Waals surface area contributed by atoms with Crippen LogP contribution in [0.5, 0.6) is 0 Å². The van der Waals surface area contributed by atoms with Crippen molar-refractivity contribution in [3.63, 3.8) is 0 Å². The fraction of sp³-hybridized carbons (Fsp3) is 0.154. The van der Waals surface area contributed by atoms with Crippen molar-refractivity contribution in [2.75, 3.05) is 10.6 Å². The highest BCUT2D eigenvalue weighted by molar-refractivity contribution is 6.31. The smallest absolute Gasteiger partial charge is 0.222 e. The molecule has 2 rings (SSSR count). The Morgan fingerprint density at radius 3 is 2.47 bits per heavy atom. The first-order valence-electron chi connectivity index (χ1n) is 5.74. The van der Waals surface area contributed by atoms with Crippen LogP contribution in [0.1, 0.15) is 12.5 Å². The van der Waals surface area contributed by atoms with E-state index in [1.165, 1.54) is 6.92 Å². The van der Waals surface area contributed by atoms with Crippen LogP contribution in [0.3, 0.4) is 0 Å². The molecule has 1 aromatic carbocycles. The summed E-state index contributed by atoms with van der Waals surface area (Å²) in [6.45, 7) is 1.99. The van der Waals surface area contributed by atoms with Gasteiger partial charge in [0.1, 0.15) is 5.82 Å². The van der Waals surface area contributed by atoms with Crippen LogP contribution in [0.25, 0.3) is 0 Å². The summed E-state index contributed by atoms with van der Waals surface area (Å²) < 4.78 is 0. The molecule has 2 N–H and O–H groups in total. The van der Waals surface area contributed by atoms with E-state index >= 15 is 0 Å². The highest BCUT2D eigenvalue weighted by Crippen LogP contribution is 2.16. The van der Waals surface area contributed by atoms with Gasteiger partial charge in [0.15, 0.2) is 5.82 Å². The molecule has 0 atom stereocenters. The van der Waals surface area contributed by atoms with Gasteiger partial charge in [-0.25, -0.2) is 0 Å². The van der Waals surface area contributed by atoms with E-state index in [-0.39, 0.29) is 5.91 Å². The minimum atomic E-state index is -0.175. The second-order valence-corrected chi connectivity index (χ2v) is 4.34. The molecule has 1 aromatic heterocycles. The summed E-state index contributed by atoms with van der Waals surface area (Å²) >= 11 is 6.05. The quantitative estimate of drug-likeness (QED) is 0.901. The van der Waals surface area contributed by atoms with E-state index in [1.807, 2.05) is 24.3 Å². The Morgan fingerprint density at radius 2 is 1.84 bits per heavy atom. The van der Waals surface area contributed by atoms with E-state index in [9.17, 15) is 4.79 Å². The average molecular weight is 277 g/mol. The van der Waals surface area contributed by atoms with Crippen LogP contribution in [0.15, 0.2) is 36.4 Å². The maximum Gasteiger partial charge on any atom is 0.222 e. The van der Waals surface area contributed by atoms with Crippen molar-refractivity contribution >= 4 is 29.1 Å². The third-order valence-electron chi connectivity index (χ3n) is 2.39. The average Bonchev–Trinajstić information content (AvgIpc) is 2.39. The number of nitrogens with zero attached hydrogens (tertiary/aromatic N) is 2. The first-order valence-corrected chi connectivity index (χ1v) is 6.11. The predicted octanol–water partition coefficient (Wildman–Crippen LogP) is 2.70. The Bertz CT molecular complexity index is 571. The number of hydrogen-bond acceptors (Lipinski definition) is 4. The Morgan fingerprint density at radius 1 is 1.16 bits per heavy atom. The maximum absolute atomic E-state index is 10.8. The molecule has 1 amide bonds. The number of rotatable bonds is 4. The number of hydrogen-bond donors (Lipinski definition) is 2. The third kappa shape index (κ3) is 3.93. The Kier molecular flexibility index (Phi) is 4.30. The first-order chi connectivity index (χ1) is 9.15. The van der Waals surface area contributed by atoms with Crippen LogP contribution >= 0.6 is 11.6 Å². The number of anilines is 2. The zero-order chi connectivity index (χ0) is 13.7. The van der Waals surface area contributed by atoms with Crippen molar-refractivity contribution in [2.45, 2.75) is 13.5 Å². The Balaban J connectivity index is 1.97. The summed E-state index contributed by atoms with van der Waals surface area (Å²) in [4.78, 5) is 10.8. The van der Waals surface area contributed by atoms with Gasteiger partial charge < -0.3 is 10.6 Å². The number of benzene rings is 1. The number of aromatic nitrogens is 2. The molecule has 0 bridgehead atoms. The van der Waals surface area contributed by atoms with Crippen LogP contribution in [0.4, 0.5) is 11.6 Å². The molecule has 5 nitrogen and oxygen atoms in total. The summed E-state index contributed by atoms with van der Waals surface area (Å²) in [7, 11) is 0. The fourth-order valence-electron chi connectivity index (χ4n) is 1.50. The standard InChI is InChI=1S/C13H13ClN4O/c1-9(19)16-13-7-6-12(17-18-13)15-8-10-4-2-3-5-11(10)14/h2-7H,8H2,1H3,(H,15,17)(H,16,18,19). The number of amides is 1. The van der Waals surface area contributed by atoms with Crippen molar-refractivity contribution in [2.24, 2.45) is 0 Å². The summed E-state index contributed by atoms with van der Waals surface area (Å²) in [5.41, 5.74) is 0.983. The molecular weight excluding hydrogens is 264 g/mol. The van der Waals surface area contributed by atoms with Gasteiger partial charge >= 0.3 is 0 Å². The number of carbonyl (C=O) groups is 1. The highest BCUT2D eigenvalue weighted by Gasteiger charge is 2.01. The monoisotopic (exact) mass is 276 g/mol. The predicted molar refractivity (Wildman–Crippen MR) is 75.1 cm³/mol. The molecular formula is C13H13ClN4O. The minimum absolute atomic E-state index is 0.175. The summed E-state index contributed by atoms with van der Waals surface area (Å²) in [6.07, 6.45) is 0. The first kappa shape index (κ1) is 13.3. The van der Waals surface area contributed by atoms with Crippen molar-refractivity contribution < 1.29 is 4.79 Å². The zero-order valence-corrected chi connectivity index (χ0v) is 11.1. The van der Waals surface area contributed by atoms with E-state index in [1.54, 1.807) is 12.1 Å². The van der Waals surface area contributed by atoms with E-state index in [2.05, 4.69) is 20.8 Å². The van der Waals surface area contributed by atoms with Crippen molar-refractivity contribution in [1.82, 2.24) is 10.2 Å². The van der Waals surface area contributed by atoms with Crippen molar-refractivity contribution in [3.05, 3.63) is 47.0 Å². The fourth-order valence-corrected chi connectivity index (χ4v) is 1.70. The normalized spacial score (nSPS) is 10.0. The highest BCUT2D eigenvalue weighted by atomic mass is 35.5. The molecule has 98 valence electrons. The molecule has 0 radical (unpaired) electrons. The molecule has 6 heteroatoms. The van der Waals surface area contributed by atoms with Crippen LogP contribution in [-0.4, -0.2) is 16.1 Å². The lowest BCUT2D eigenvalue weighted by molar-refractivity contribution is -0.114. The molecule has 0 aliphatic heterocycles. The van der Waals surface area contributed by atoms with E-state index < -0.39 is 0 Å². The van der Waals surface area contributed by atoms with Gasteiger partial charge in [-0.1, -0.05) is 29.8 Å². The topological polar surface area (TPSA) is 66.9 Å². The summed E-state index contributed by atoms with van der Waals surface area (Å²) in [5.74, 6) is 0.871. The second-order valence-electron chi connectivity index (χ2n) is 3.93. The number of nitrogens with one attached hydrogen (secondary N) is 2. The number of halogens is 1. The van der Waals surface area contributed by atoms with Gasteiger partial charge in [0.2, 0.25) is 5.91 Å². The van der Waals surface area contributed by atoms with Crippen molar-refractivity contribution in [1.29, 1.82) is 0 Å². The van der Waals surface area contributed by atoms with Gasteiger partial charge in [0.25, 0.3) is 0 Å².